The molecule has 0 atom stereocenters. The Morgan fingerprint density at radius 1 is 1.20 bits per heavy atom. The lowest BCUT2D eigenvalue weighted by Gasteiger charge is -2.35. The predicted octanol–water partition coefficient (Wildman–Crippen LogP) is 2.55. The lowest BCUT2D eigenvalue weighted by atomic mass is 10.2. The van der Waals surface area contributed by atoms with E-state index in [0.29, 0.717) is 6.54 Å². The topological polar surface area (TPSA) is 47.9 Å². The van der Waals surface area contributed by atoms with E-state index in [9.17, 15) is 9.18 Å². The third-order valence-corrected chi connectivity index (χ3v) is 5.14. The summed E-state index contributed by atoms with van der Waals surface area (Å²) in [6.45, 7) is 5.43. The molecule has 25 heavy (non-hydrogen) atoms. The van der Waals surface area contributed by atoms with E-state index in [2.05, 4.69) is 20.3 Å². The van der Waals surface area contributed by atoms with Gasteiger partial charge in [0.2, 0.25) is 0 Å². The van der Waals surface area contributed by atoms with Gasteiger partial charge in [-0.15, -0.1) is 11.3 Å². The molecule has 2 aromatic rings. The van der Waals surface area contributed by atoms with E-state index in [4.69, 9.17) is 0 Å². The highest BCUT2D eigenvalue weighted by atomic mass is 32.1. The van der Waals surface area contributed by atoms with E-state index in [0.717, 1.165) is 42.5 Å². The van der Waals surface area contributed by atoms with Crippen LogP contribution in [-0.4, -0.2) is 49.2 Å². The first-order valence-electron chi connectivity index (χ1n) is 8.22. The second kappa shape index (κ2) is 8.22. The summed E-state index contributed by atoms with van der Waals surface area (Å²) < 4.78 is 13.0. The van der Waals surface area contributed by atoms with Crippen LogP contribution < -0.4 is 10.3 Å². The summed E-state index contributed by atoms with van der Waals surface area (Å²) in [6, 6.07) is 10.5. The average molecular weight is 360 g/mol. The molecule has 1 aliphatic rings. The van der Waals surface area contributed by atoms with Crippen molar-refractivity contribution in [2.75, 3.05) is 37.6 Å². The highest BCUT2D eigenvalue weighted by Gasteiger charge is 2.19. The molecule has 132 valence electrons. The van der Waals surface area contributed by atoms with Gasteiger partial charge in [-0.2, -0.15) is 5.10 Å². The molecule has 1 aromatic carbocycles. The van der Waals surface area contributed by atoms with Crippen molar-refractivity contribution in [3.05, 3.63) is 52.5 Å². The van der Waals surface area contributed by atoms with Crippen molar-refractivity contribution in [1.82, 2.24) is 10.3 Å². The van der Waals surface area contributed by atoms with E-state index in [-0.39, 0.29) is 11.7 Å². The zero-order valence-corrected chi connectivity index (χ0v) is 14.9. The quantitative estimate of drug-likeness (QED) is 0.658. The molecule has 1 aliphatic heterocycles. The van der Waals surface area contributed by atoms with Gasteiger partial charge in [-0.1, -0.05) is 6.07 Å². The lowest BCUT2D eigenvalue weighted by molar-refractivity contribution is -0.122. The van der Waals surface area contributed by atoms with Gasteiger partial charge in [0.15, 0.2) is 0 Å². The molecule has 5 nitrogen and oxygen atoms in total. The van der Waals surface area contributed by atoms with Crippen LogP contribution in [-0.2, 0) is 4.79 Å². The molecule has 1 fully saturated rings. The number of halogens is 1. The van der Waals surface area contributed by atoms with Gasteiger partial charge in [-0.3, -0.25) is 9.69 Å². The van der Waals surface area contributed by atoms with Crippen molar-refractivity contribution in [3.63, 3.8) is 0 Å². The Hall–Kier alpha value is -2.25. The second-order valence-electron chi connectivity index (χ2n) is 5.95. The number of thiophene rings is 1. The van der Waals surface area contributed by atoms with E-state index in [1.807, 2.05) is 24.4 Å². The fourth-order valence-electron chi connectivity index (χ4n) is 2.74. The summed E-state index contributed by atoms with van der Waals surface area (Å²) in [5, 5.41) is 6.14. The van der Waals surface area contributed by atoms with Crippen LogP contribution in [0.2, 0.25) is 0 Å². The van der Waals surface area contributed by atoms with Gasteiger partial charge < -0.3 is 4.90 Å². The van der Waals surface area contributed by atoms with Crippen LogP contribution in [0.4, 0.5) is 10.1 Å². The number of hydrogen-bond donors (Lipinski definition) is 1. The molecule has 0 saturated carbocycles. The van der Waals surface area contributed by atoms with Crippen LogP contribution in [0.25, 0.3) is 0 Å². The number of amides is 1. The minimum Gasteiger partial charge on any atom is -0.369 e. The minimum atomic E-state index is -0.225. The van der Waals surface area contributed by atoms with Crippen LogP contribution in [0.3, 0.4) is 0 Å². The highest BCUT2D eigenvalue weighted by Crippen LogP contribution is 2.16. The molecule has 1 saturated heterocycles. The van der Waals surface area contributed by atoms with Gasteiger partial charge in [0.25, 0.3) is 5.91 Å². The standard InChI is InChI=1S/C18H21FN4OS/c1-14(17-3-2-12-25-17)20-21-18(24)13-22-8-10-23(11-9-22)16-6-4-15(19)5-7-16/h2-7,12H,8-11,13H2,1H3,(H,21,24). The van der Waals surface area contributed by atoms with Crippen LogP contribution in [0, 0.1) is 5.82 Å². The van der Waals surface area contributed by atoms with Gasteiger partial charge in [-0.05, 0) is 42.6 Å². The maximum atomic E-state index is 13.0. The maximum Gasteiger partial charge on any atom is 0.254 e. The number of benzene rings is 1. The van der Waals surface area contributed by atoms with Crippen molar-refractivity contribution in [3.8, 4) is 0 Å². The third-order valence-electron chi connectivity index (χ3n) is 4.16. The molecular weight excluding hydrogens is 339 g/mol. The zero-order valence-electron chi connectivity index (χ0n) is 14.1. The van der Waals surface area contributed by atoms with Gasteiger partial charge in [0.05, 0.1) is 12.3 Å². The SMILES string of the molecule is CC(=NNC(=O)CN1CCN(c2ccc(F)cc2)CC1)c1cccs1. The molecule has 0 radical (unpaired) electrons. The first kappa shape index (κ1) is 17.6. The molecule has 1 aromatic heterocycles. The molecule has 0 unspecified atom stereocenters. The first-order chi connectivity index (χ1) is 12.1. The molecule has 7 heteroatoms. The predicted molar refractivity (Wildman–Crippen MR) is 99.7 cm³/mol. The molecule has 0 bridgehead atoms. The third kappa shape index (κ3) is 4.87. The number of hydrazone groups is 1. The normalized spacial score (nSPS) is 16.1. The Morgan fingerprint density at radius 3 is 2.56 bits per heavy atom. The minimum absolute atomic E-state index is 0.105. The number of hydrogen-bond acceptors (Lipinski definition) is 5. The largest absolute Gasteiger partial charge is 0.369 e. The summed E-state index contributed by atoms with van der Waals surface area (Å²) in [7, 11) is 0. The summed E-state index contributed by atoms with van der Waals surface area (Å²) in [5.74, 6) is -0.330. The van der Waals surface area contributed by atoms with Gasteiger partial charge in [-0.25, -0.2) is 9.82 Å². The Morgan fingerprint density at radius 2 is 1.92 bits per heavy atom. The van der Waals surface area contributed by atoms with Gasteiger partial charge >= 0.3 is 0 Å². The molecule has 2 heterocycles. The number of anilines is 1. The first-order valence-corrected chi connectivity index (χ1v) is 9.09. The number of piperazine rings is 1. The van der Waals surface area contributed by atoms with Crippen molar-refractivity contribution >= 4 is 28.6 Å². The monoisotopic (exact) mass is 360 g/mol. The van der Waals surface area contributed by atoms with Crippen LogP contribution in [0.1, 0.15) is 11.8 Å². The summed E-state index contributed by atoms with van der Waals surface area (Å²) in [4.78, 5) is 17.4. The number of carbonyl (C=O) groups is 1. The van der Waals surface area contributed by atoms with E-state index in [1.54, 1.807) is 23.5 Å². The van der Waals surface area contributed by atoms with E-state index < -0.39 is 0 Å². The smallest absolute Gasteiger partial charge is 0.254 e. The zero-order chi connectivity index (χ0) is 17.6. The van der Waals surface area contributed by atoms with E-state index >= 15 is 0 Å². The van der Waals surface area contributed by atoms with Crippen LogP contribution >= 0.6 is 11.3 Å². The van der Waals surface area contributed by atoms with Crippen molar-refractivity contribution in [1.29, 1.82) is 0 Å². The number of rotatable bonds is 5. The van der Waals surface area contributed by atoms with E-state index in [1.165, 1.54) is 12.1 Å². The summed E-state index contributed by atoms with van der Waals surface area (Å²) >= 11 is 1.60. The molecule has 3 rings (SSSR count). The van der Waals surface area contributed by atoms with Crippen LogP contribution in [0.15, 0.2) is 46.9 Å². The molecule has 0 aliphatic carbocycles. The second-order valence-corrected chi connectivity index (χ2v) is 6.90. The van der Waals surface area contributed by atoms with Crippen molar-refractivity contribution < 1.29 is 9.18 Å². The fourth-order valence-corrected chi connectivity index (χ4v) is 3.42. The number of nitrogens with one attached hydrogen (secondary N) is 1. The number of nitrogens with zero attached hydrogens (tertiary/aromatic N) is 3. The van der Waals surface area contributed by atoms with Gasteiger partial charge in [0.1, 0.15) is 5.82 Å². The van der Waals surface area contributed by atoms with Crippen LogP contribution in [0.5, 0.6) is 0 Å². The highest BCUT2D eigenvalue weighted by molar-refractivity contribution is 7.12. The average Bonchev–Trinajstić information content (AvgIpc) is 3.16. The van der Waals surface area contributed by atoms with Crippen molar-refractivity contribution in [2.24, 2.45) is 5.10 Å². The molecule has 0 spiro atoms. The summed E-state index contributed by atoms with van der Waals surface area (Å²) in [6.07, 6.45) is 0. The fraction of sp³-hybridized carbons (Fsp3) is 0.333. The van der Waals surface area contributed by atoms with Crippen molar-refractivity contribution in [2.45, 2.75) is 6.92 Å². The molecule has 1 N–H and O–H groups in total. The summed E-state index contributed by atoms with van der Waals surface area (Å²) in [5.41, 5.74) is 4.45. The Labute approximate surface area is 150 Å². The molecular formula is C18H21FN4OS. The Bertz CT molecular complexity index is 722. The number of carbonyl (C=O) groups excluding carboxylic acids is 1. The lowest BCUT2D eigenvalue weighted by Crippen LogP contribution is -2.49. The Kier molecular flexibility index (Phi) is 5.78. The Balaban J connectivity index is 1.45. The molecule has 1 amide bonds. The van der Waals surface area contributed by atoms with Gasteiger partial charge in [0, 0.05) is 36.7 Å². The maximum absolute atomic E-state index is 13.0.